The molecule has 0 saturated carbocycles. The first-order valence-electron chi connectivity index (χ1n) is 5.25. The van der Waals surface area contributed by atoms with Crippen LogP contribution in [0.25, 0.3) is 11.9 Å². The average molecular weight is 212 g/mol. The third-order valence-electron chi connectivity index (χ3n) is 2.42. The zero-order valence-corrected chi connectivity index (χ0v) is 9.15. The van der Waals surface area contributed by atoms with Gasteiger partial charge in [0.05, 0.1) is 0 Å². The fourth-order valence-electron chi connectivity index (χ4n) is 1.49. The summed E-state index contributed by atoms with van der Waals surface area (Å²) in [5, 5.41) is 0. The van der Waals surface area contributed by atoms with Crippen LogP contribution in [-0.2, 0) is 0 Å². The van der Waals surface area contributed by atoms with E-state index in [1.807, 2.05) is 49.4 Å². The van der Waals surface area contributed by atoms with Crippen molar-refractivity contribution >= 4 is 11.9 Å². The van der Waals surface area contributed by atoms with Crippen LogP contribution in [0.5, 0.6) is 0 Å². The van der Waals surface area contributed by atoms with Crippen LogP contribution in [0.4, 0.5) is 4.39 Å². The molecule has 0 aliphatic carbocycles. The predicted octanol–water partition coefficient (Wildman–Crippen LogP) is 4.46. The number of halogens is 1. The predicted molar refractivity (Wildman–Crippen MR) is 66.6 cm³/mol. The van der Waals surface area contributed by atoms with E-state index >= 15 is 0 Å². The smallest absolute Gasteiger partial charge is 0.131 e. The molecular weight excluding hydrogens is 199 g/mol. The molecule has 2 rings (SSSR count). The Kier molecular flexibility index (Phi) is 3.16. The van der Waals surface area contributed by atoms with Gasteiger partial charge in [-0.3, -0.25) is 0 Å². The maximum Gasteiger partial charge on any atom is 0.131 e. The van der Waals surface area contributed by atoms with E-state index in [4.69, 9.17) is 0 Å². The highest BCUT2D eigenvalue weighted by molar-refractivity contribution is 5.76. The van der Waals surface area contributed by atoms with Crippen molar-refractivity contribution in [1.29, 1.82) is 0 Å². The summed E-state index contributed by atoms with van der Waals surface area (Å²) in [5.74, 6) is -0.204. The Morgan fingerprint density at radius 2 is 1.56 bits per heavy atom. The molecule has 0 spiro atoms. The van der Waals surface area contributed by atoms with Gasteiger partial charge in [-0.1, -0.05) is 60.2 Å². The normalized spacial score (nSPS) is 11.5. The second-order valence-electron chi connectivity index (χ2n) is 3.77. The zero-order chi connectivity index (χ0) is 11.4. The molecule has 2 aromatic carbocycles. The first-order chi connectivity index (χ1) is 7.75. The summed E-state index contributed by atoms with van der Waals surface area (Å²) in [5.41, 5.74) is 2.67. The summed E-state index contributed by atoms with van der Waals surface area (Å²) >= 11 is 0. The molecule has 0 amide bonds. The van der Waals surface area contributed by atoms with Gasteiger partial charge in [0.1, 0.15) is 5.83 Å². The standard InChI is InChI=1S/C15H13F/c1-12-7-9-13(10-8-12)11-15(16)14-5-3-2-4-6-14/h2-11H,1H3/b15-11+. The molecule has 0 bridgehead atoms. The van der Waals surface area contributed by atoms with Crippen molar-refractivity contribution in [3.8, 4) is 0 Å². The second-order valence-corrected chi connectivity index (χ2v) is 3.77. The van der Waals surface area contributed by atoms with E-state index in [0.717, 1.165) is 5.56 Å². The number of aryl methyl sites for hydroxylation is 1. The van der Waals surface area contributed by atoms with Crippen molar-refractivity contribution in [2.75, 3.05) is 0 Å². The molecular formula is C15H13F. The lowest BCUT2D eigenvalue weighted by molar-refractivity contribution is 0.765. The summed E-state index contributed by atoms with van der Waals surface area (Å²) in [6.45, 7) is 2.01. The molecule has 0 N–H and O–H groups in total. The van der Waals surface area contributed by atoms with Crippen LogP contribution < -0.4 is 0 Å². The van der Waals surface area contributed by atoms with E-state index in [2.05, 4.69) is 0 Å². The zero-order valence-electron chi connectivity index (χ0n) is 9.15. The molecule has 1 heteroatoms. The second kappa shape index (κ2) is 4.75. The van der Waals surface area contributed by atoms with Gasteiger partial charge < -0.3 is 0 Å². The largest absolute Gasteiger partial charge is 0.206 e. The van der Waals surface area contributed by atoms with E-state index < -0.39 is 0 Å². The number of rotatable bonds is 2. The maximum atomic E-state index is 13.8. The minimum atomic E-state index is -0.204. The highest BCUT2D eigenvalue weighted by atomic mass is 19.1. The average Bonchev–Trinajstić information content (AvgIpc) is 2.33. The molecule has 0 fully saturated rings. The van der Waals surface area contributed by atoms with Crippen molar-refractivity contribution in [3.63, 3.8) is 0 Å². The Labute approximate surface area is 95.1 Å². The molecule has 0 atom stereocenters. The first kappa shape index (κ1) is 10.6. The van der Waals surface area contributed by atoms with Gasteiger partial charge in [-0.25, -0.2) is 4.39 Å². The molecule has 0 saturated heterocycles. The van der Waals surface area contributed by atoms with Crippen molar-refractivity contribution in [1.82, 2.24) is 0 Å². The van der Waals surface area contributed by atoms with E-state index in [1.165, 1.54) is 5.56 Å². The van der Waals surface area contributed by atoms with Gasteiger partial charge in [0.25, 0.3) is 0 Å². The van der Waals surface area contributed by atoms with Gasteiger partial charge in [-0.05, 0) is 18.6 Å². The first-order valence-corrected chi connectivity index (χ1v) is 5.25. The van der Waals surface area contributed by atoms with Crippen LogP contribution >= 0.6 is 0 Å². The van der Waals surface area contributed by atoms with Crippen LogP contribution in [0.1, 0.15) is 16.7 Å². The minimum Gasteiger partial charge on any atom is -0.206 e. The molecule has 0 aliphatic heterocycles. The van der Waals surface area contributed by atoms with Gasteiger partial charge in [0.15, 0.2) is 0 Å². The SMILES string of the molecule is Cc1ccc(/C=C(/F)c2ccccc2)cc1. The third kappa shape index (κ3) is 2.57. The molecule has 80 valence electrons. The molecule has 0 radical (unpaired) electrons. The van der Waals surface area contributed by atoms with Crippen molar-refractivity contribution < 1.29 is 4.39 Å². The van der Waals surface area contributed by atoms with E-state index in [0.29, 0.717) is 5.56 Å². The topological polar surface area (TPSA) is 0 Å². The Morgan fingerprint density at radius 1 is 0.938 bits per heavy atom. The lowest BCUT2D eigenvalue weighted by atomic mass is 10.1. The fraction of sp³-hybridized carbons (Fsp3) is 0.0667. The van der Waals surface area contributed by atoms with Crippen molar-refractivity contribution in [3.05, 3.63) is 71.3 Å². The number of hydrogen-bond acceptors (Lipinski definition) is 0. The Morgan fingerprint density at radius 3 is 2.19 bits per heavy atom. The molecule has 2 aromatic rings. The van der Waals surface area contributed by atoms with Gasteiger partial charge in [-0.15, -0.1) is 0 Å². The van der Waals surface area contributed by atoms with Crippen LogP contribution in [0.3, 0.4) is 0 Å². The monoisotopic (exact) mass is 212 g/mol. The Hall–Kier alpha value is -1.89. The molecule has 0 heterocycles. The molecule has 0 nitrogen and oxygen atoms in total. The highest BCUT2D eigenvalue weighted by Crippen LogP contribution is 2.19. The van der Waals surface area contributed by atoms with E-state index in [9.17, 15) is 4.39 Å². The Bertz CT molecular complexity index is 481. The summed E-state index contributed by atoms with van der Waals surface area (Å²) in [4.78, 5) is 0. The Balaban J connectivity index is 2.28. The van der Waals surface area contributed by atoms with Crippen molar-refractivity contribution in [2.45, 2.75) is 6.92 Å². The van der Waals surface area contributed by atoms with Crippen LogP contribution in [0, 0.1) is 6.92 Å². The van der Waals surface area contributed by atoms with Crippen molar-refractivity contribution in [2.24, 2.45) is 0 Å². The number of hydrogen-bond donors (Lipinski definition) is 0. The summed E-state index contributed by atoms with van der Waals surface area (Å²) in [7, 11) is 0. The summed E-state index contributed by atoms with van der Waals surface area (Å²) in [6, 6.07) is 16.8. The molecule has 0 unspecified atom stereocenters. The fourth-order valence-corrected chi connectivity index (χ4v) is 1.49. The summed E-state index contributed by atoms with van der Waals surface area (Å²) in [6.07, 6.45) is 1.55. The van der Waals surface area contributed by atoms with E-state index in [-0.39, 0.29) is 5.83 Å². The lowest BCUT2D eigenvalue weighted by Crippen LogP contribution is -1.78. The van der Waals surface area contributed by atoms with Gasteiger partial charge in [0.2, 0.25) is 0 Å². The molecule has 0 aromatic heterocycles. The highest BCUT2D eigenvalue weighted by Gasteiger charge is 1.98. The quantitative estimate of drug-likeness (QED) is 0.644. The van der Waals surface area contributed by atoms with Gasteiger partial charge >= 0.3 is 0 Å². The van der Waals surface area contributed by atoms with Gasteiger partial charge in [-0.2, -0.15) is 0 Å². The summed E-state index contributed by atoms with van der Waals surface area (Å²) < 4.78 is 13.8. The van der Waals surface area contributed by atoms with Gasteiger partial charge in [0, 0.05) is 5.56 Å². The molecule has 0 aliphatic rings. The van der Waals surface area contributed by atoms with E-state index in [1.54, 1.807) is 18.2 Å². The lowest BCUT2D eigenvalue weighted by Gasteiger charge is -1.98. The minimum absolute atomic E-state index is 0.204. The molecule has 16 heavy (non-hydrogen) atoms. The van der Waals surface area contributed by atoms with Crippen LogP contribution in [0.2, 0.25) is 0 Å². The third-order valence-corrected chi connectivity index (χ3v) is 2.42. The van der Waals surface area contributed by atoms with Crippen LogP contribution in [0.15, 0.2) is 54.6 Å². The number of benzene rings is 2. The maximum absolute atomic E-state index is 13.8. The van der Waals surface area contributed by atoms with Crippen LogP contribution in [-0.4, -0.2) is 0 Å².